The van der Waals surface area contributed by atoms with Crippen LogP contribution in [0, 0.1) is 0 Å². The molecule has 2 aromatic rings. The lowest BCUT2D eigenvalue weighted by Gasteiger charge is -2.08. The highest BCUT2D eigenvalue weighted by atomic mass is 35.5. The third kappa shape index (κ3) is 4.13. The summed E-state index contributed by atoms with van der Waals surface area (Å²) in [5.74, 6) is 1.46. The Kier molecular flexibility index (Phi) is 5.08. The molecule has 1 N–H and O–H groups in total. The van der Waals surface area contributed by atoms with Gasteiger partial charge in [-0.2, -0.15) is 0 Å². The highest BCUT2D eigenvalue weighted by molar-refractivity contribution is 6.42. The van der Waals surface area contributed by atoms with Crippen LogP contribution < -0.4 is 10.1 Å². The molecule has 19 heavy (non-hydrogen) atoms. The number of nitrogens with one attached hydrogen (secondary N) is 1. The lowest BCUT2D eigenvalue weighted by Crippen LogP contribution is -2.11. The van der Waals surface area contributed by atoms with Gasteiger partial charge in [0.15, 0.2) is 0 Å². The molecule has 0 aliphatic rings. The van der Waals surface area contributed by atoms with Crippen LogP contribution in [0.25, 0.3) is 0 Å². The maximum atomic E-state index is 5.96. The Bertz CT molecular complexity index is 558. The van der Waals surface area contributed by atoms with Crippen molar-refractivity contribution in [3.05, 3.63) is 58.1 Å². The van der Waals surface area contributed by atoms with Crippen LogP contribution in [0.2, 0.25) is 10.0 Å². The van der Waals surface area contributed by atoms with E-state index in [9.17, 15) is 0 Å². The summed E-state index contributed by atoms with van der Waals surface area (Å²) in [6, 6.07) is 13.2. The van der Waals surface area contributed by atoms with Crippen LogP contribution >= 0.6 is 23.2 Å². The fraction of sp³-hybridized carbons (Fsp3) is 0.200. The molecule has 0 heterocycles. The minimum Gasteiger partial charge on any atom is -0.457 e. The fourth-order valence-corrected chi connectivity index (χ4v) is 1.95. The second kappa shape index (κ2) is 6.80. The average molecular weight is 296 g/mol. The van der Waals surface area contributed by atoms with E-state index in [1.54, 1.807) is 18.2 Å². The monoisotopic (exact) mass is 295 g/mol. The molecule has 0 saturated carbocycles. The molecule has 0 atom stereocenters. The van der Waals surface area contributed by atoms with Crippen molar-refractivity contribution in [2.24, 2.45) is 0 Å². The number of hydrogen-bond acceptors (Lipinski definition) is 2. The third-order valence-electron chi connectivity index (χ3n) is 2.60. The minimum absolute atomic E-state index is 0.489. The van der Waals surface area contributed by atoms with E-state index < -0.39 is 0 Å². The second-order valence-corrected chi connectivity index (χ2v) is 4.92. The van der Waals surface area contributed by atoms with Crippen LogP contribution in [0.4, 0.5) is 0 Å². The summed E-state index contributed by atoms with van der Waals surface area (Å²) in [6.45, 7) is 3.85. The molecule has 4 heteroatoms. The molecule has 100 valence electrons. The smallest absolute Gasteiger partial charge is 0.129 e. The van der Waals surface area contributed by atoms with Crippen LogP contribution in [0.15, 0.2) is 42.5 Å². The maximum absolute atomic E-state index is 5.96. The van der Waals surface area contributed by atoms with Crippen molar-refractivity contribution < 1.29 is 4.74 Å². The molecule has 0 amide bonds. The number of hydrogen-bond donors (Lipinski definition) is 1. The van der Waals surface area contributed by atoms with Crippen LogP contribution in [-0.4, -0.2) is 6.54 Å². The Morgan fingerprint density at radius 3 is 2.53 bits per heavy atom. The second-order valence-electron chi connectivity index (χ2n) is 4.11. The van der Waals surface area contributed by atoms with E-state index >= 15 is 0 Å². The van der Waals surface area contributed by atoms with Gasteiger partial charge < -0.3 is 10.1 Å². The Labute approximate surface area is 123 Å². The van der Waals surface area contributed by atoms with Gasteiger partial charge in [0.2, 0.25) is 0 Å². The van der Waals surface area contributed by atoms with Crippen molar-refractivity contribution in [2.45, 2.75) is 13.5 Å². The molecule has 2 nitrogen and oxygen atoms in total. The van der Waals surface area contributed by atoms with Gasteiger partial charge in [0, 0.05) is 12.6 Å². The molecular formula is C15H15Cl2NO. The van der Waals surface area contributed by atoms with Gasteiger partial charge >= 0.3 is 0 Å². The summed E-state index contributed by atoms with van der Waals surface area (Å²) in [4.78, 5) is 0. The van der Waals surface area contributed by atoms with Crippen LogP contribution in [0.1, 0.15) is 12.5 Å². The van der Waals surface area contributed by atoms with E-state index in [0.29, 0.717) is 15.8 Å². The first-order chi connectivity index (χ1) is 9.19. The minimum atomic E-state index is 0.489. The molecule has 0 aliphatic carbocycles. The summed E-state index contributed by atoms with van der Waals surface area (Å²) in [5, 5.41) is 4.29. The van der Waals surface area contributed by atoms with Crippen molar-refractivity contribution >= 4 is 23.2 Å². The summed E-state index contributed by atoms with van der Waals surface area (Å²) < 4.78 is 5.76. The quantitative estimate of drug-likeness (QED) is 0.847. The first kappa shape index (κ1) is 14.2. The molecule has 0 aromatic heterocycles. The third-order valence-corrected chi connectivity index (χ3v) is 3.34. The lowest BCUT2D eigenvalue weighted by atomic mass is 10.2. The van der Waals surface area contributed by atoms with E-state index in [2.05, 4.69) is 18.3 Å². The first-order valence-electron chi connectivity index (χ1n) is 6.11. The standard InChI is InChI=1S/C15H15Cl2NO/c1-2-18-10-11-4-3-5-12(8-11)19-13-6-7-14(16)15(17)9-13/h3-9,18H,2,10H2,1H3. The molecule has 0 radical (unpaired) electrons. The predicted octanol–water partition coefficient (Wildman–Crippen LogP) is 4.90. The summed E-state index contributed by atoms with van der Waals surface area (Å²) >= 11 is 11.8. The Balaban J connectivity index is 2.11. The highest BCUT2D eigenvalue weighted by Gasteiger charge is 2.02. The molecule has 0 spiro atoms. The number of ether oxygens (including phenoxy) is 1. The molecule has 0 unspecified atom stereocenters. The zero-order valence-corrected chi connectivity index (χ0v) is 12.1. The van der Waals surface area contributed by atoms with Crippen LogP contribution in [-0.2, 0) is 6.54 Å². The van der Waals surface area contributed by atoms with Crippen LogP contribution in [0.3, 0.4) is 0 Å². The number of halogens is 2. The average Bonchev–Trinajstić information content (AvgIpc) is 2.41. The van der Waals surface area contributed by atoms with Crippen LogP contribution in [0.5, 0.6) is 11.5 Å². The van der Waals surface area contributed by atoms with Gasteiger partial charge in [-0.1, -0.05) is 42.3 Å². The van der Waals surface area contributed by atoms with Gasteiger partial charge in [-0.25, -0.2) is 0 Å². The van der Waals surface area contributed by atoms with E-state index in [1.165, 1.54) is 5.56 Å². The van der Waals surface area contributed by atoms with Crippen molar-refractivity contribution in [1.82, 2.24) is 5.32 Å². The zero-order valence-electron chi connectivity index (χ0n) is 10.6. The summed E-state index contributed by atoms with van der Waals surface area (Å²) in [7, 11) is 0. The van der Waals surface area contributed by atoms with Crippen molar-refractivity contribution in [3.8, 4) is 11.5 Å². The highest BCUT2D eigenvalue weighted by Crippen LogP contribution is 2.29. The number of benzene rings is 2. The van der Waals surface area contributed by atoms with Gasteiger partial charge in [-0.15, -0.1) is 0 Å². The lowest BCUT2D eigenvalue weighted by molar-refractivity contribution is 0.481. The van der Waals surface area contributed by atoms with E-state index in [4.69, 9.17) is 27.9 Å². The Hall–Kier alpha value is -1.22. The largest absolute Gasteiger partial charge is 0.457 e. The molecule has 2 rings (SSSR count). The van der Waals surface area contributed by atoms with Crippen molar-refractivity contribution in [3.63, 3.8) is 0 Å². The SMILES string of the molecule is CCNCc1cccc(Oc2ccc(Cl)c(Cl)c2)c1. The molecule has 0 aliphatic heterocycles. The van der Waals surface area contributed by atoms with Gasteiger partial charge in [-0.05, 0) is 36.4 Å². The molecule has 0 saturated heterocycles. The van der Waals surface area contributed by atoms with Crippen molar-refractivity contribution in [1.29, 1.82) is 0 Å². The van der Waals surface area contributed by atoms with Gasteiger partial charge in [0.25, 0.3) is 0 Å². The Morgan fingerprint density at radius 2 is 1.79 bits per heavy atom. The van der Waals surface area contributed by atoms with Gasteiger partial charge in [0.05, 0.1) is 10.0 Å². The zero-order chi connectivity index (χ0) is 13.7. The summed E-state index contributed by atoms with van der Waals surface area (Å²) in [5.41, 5.74) is 1.18. The topological polar surface area (TPSA) is 21.3 Å². The van der Waals surface area contributed by atoms with E-state index in [-0.39, 0.29) is 0 Å². The number of rotatable bonds is 5. The molecular weight excluding hydrogens is 281 g/mol. The van der Waals surface area contributed by atoms with E-state index in [0.717, 1.165) is 18.8 Å². The maximum Gasteiger partial charge on any atom is 0.129 e. The van der Waals surface area contributed by atoms with Gasteiger partial charge in [0.1, 0.15) is 11.5 Å². The Morgan fingerprint density at radius 1 is 1.00 bits per heavy atom. The van der Waals surface area contributed by atoms with Gasteiger partial charge in [-0.3, -0.25) is 0 Å². The fourth-order valence-electron chi connectivity index (χ4n) is 1.66. The summed E-state index contributed by atoms with van der Waals surface area (Å²) in [6.07, 6.45) is 0. The van der Waals surface area contributed by atoms with Crippen molar-refractivity contribution in [2.75, 3.05) is 6.54 Å². The van der Waals surface area contributed by atoms with E-state index in [1.807, 2.05) is 18.2 Å². The normalized spacial score (nSPS) is 10.5. The predicted molar refractivity (Wildman–Crippen MR) is 80.4 cm³/mol. The molecule has 2 aromatic carbocycles. The first-order valence-corrected chi connectivity index (χ1v) is 6.87. The molecule has 0 fully saturated rings. The molecule has 0 bridgehead atoms.